The molecule has 0 aliphatic heterocycles. The van der Waals surface area contributed by atoms with E-state index < -0.39 is 5.60 Å². The van der Waals surface area contributed by atoms with Crippen LogP contribution in [0.5, 0.6) is 0 Å². The highest BCUT2D eigenvalue weighted by Gasteiger charge is 2.22. The molecule has 0 aliphatic rings. The third-order valence-electron chi connectivity index (χ3n) is 3.38. The summed E-state index contributed by atoms with van der Waals surface area (Å²) in [4.78, 5) is 15.6. The summed E-state index contributed by atoms with van der Waals surface area (Å²) in [6.07, 6.45) is 3.60. The zero-order chi connectivity index (χ0) is 15.0. The number of urea groups is 1. The number of rotatable bonds is 7. The predicted octanol–water partition coefficient (Wildman–Crippen LogP) is 2.13. The molecular formula is C14H22ClN3O2. The van der Waals surface area contributed by atoms with Gasteiger partial charge in [-0.1, -0.05) is 31.5 Å². The number of hydrogen-bond donors (Lipinski definition) is 3. The second-order valence-electron chi connectivity index (χ2n) is 4.78. The first-order valence-corrected chi connectivity index (χ1v) is 7.21. The molecule has 0 spiro atoms. The number of nitrogens with zero attached hydrogens (tertiary/aromatic N) is 1. The van der Waals surface area contributed by atoms with Crippen molar-refractivity contribution in [1.82, 2.24) is 15.6 Å². The van der Waals surface area contributed by atoms with E-state index in [9.17, 15) is 9.90 Å². The van der Waals surface area contributed by atoms with E-state index in [1.54, 1.807) is 12.3 Å². The minimum Gasteiger partial charge on any atom is -0.388 e. The maximum Gasteiger partial charge on any atom is 0.314 e. The average Bonchev–Trinajstić information content (AvgIpc) is 2.47. The van der Waals surface area contributed by atoms with Gasteiger partial charge in [0, 0.05) is 19.3 Å². The maximum absolute atomic E-state index is 11.6. The lowest BCUT2D eigenvalue weighted by atomic mass is 9.98. The Labute approximate surface area is 124 Å². The van der Waals surface area contributed by atoms with Crippen LogP contribution in [0.1, 0.15) is 32.3 Å². The fraction of sp³-hybridized carbons (Fsp3) is 0.571. The Balaban J connectivity index is 2.25. The molecule has 0 aromatic carbocycles. The van der Waals surface area contributed by atoms with Gasteiger partial charge >= 0.3 is 6.03 Å². The molecule has 20 heavy (non-hydrogen) atoms. The van der Waals surface area contributed by atoms with Crippen molar-refractivity contribution < 1.29 is 9.90 Å². The molecule has 0 bridgehead atoms. The van der Waals surface area contributed by atoms with E-state index in [-0.39, 0.29) is 12.6 Å². The molecule has 0 atom stereocenters. The van der Waals surface area contributed by atoms with Crippen LogP contribution >= 0.6 is 11.6 Å². The van der Waals surface area contributed by atoms with E-state index in [0.29, 0.717) is 31.0 Å². The van der Waals surface area contributed by atoms with E-state index in [1.165, 1.54) is 0 Å². The van der Waals surface area contributed by atoms with Gasteiger partial charge in [0.2, 0.25) is 0 Å². The standard InChI is InChI=1S/C14H22ClN3O2/c1-3-14(20,4-2)10-18-13(19)16-8-7-11-5-6-12(15)17-9-11/h5-6,9,20H,3-4,7-8,10H2,1-2H3,(H2,16,18,19). The van der Waals surface area contributed by atoms with Crippen molar-refractivity contribution in [2.75, 3.05) is 13.1 Å². The monoisotopic (exact) mass is 299 g/mol. The van der Waals surface area contributed by atoms with Gasteiger partial charge in [-0.05, 0) is 30.9 Å². The molecule has 3 N–H and O–H groups in total. The zero-order valence-electron chi connectivity index (χ0n) is 11.9. The summed E-state index contributed by atoms with van der Waals surface area (Å²) >= 11 is 5.69. The van der Waals surface area contributed by atoms with Crippen molar-refractivity contribution in [2.45, 2.75) is 38.7 Å². The van der Waals surface area contributed by atoms with Crippen LogP contribution in [0, 0.1) is 0 Å². The van der Waals surface area contributed by atoms with Crippen LogP contribution in [0.2, 0.25) is 5.15 Å². The second kappa shape index (κ2) is 8.07. The molecule has 0 unspecified atom stereocenters. The topological polar surface area (TPSA) is 74.2 Å². The molecule has 0 radical (unpaired) electrons. The normalized spacial score (nSPS) is 11.2. The molecule has 0 fully saturated rings. The molecule has 0 saturated heterocycles. The summed E-state index contributed by atoms with van der Waals surface area (Å²) in [7, 11) is 0. The van der Waals surface area contributed by atoms with Crippen molar-refractivity contribution in [3.05, 3.63) is 29.0 Å². The number of pyridine rings is 1. The number of halogens is 1. The zero-order valence-corrected chi connectivity index (χ0v) is 12.7. The van der Waals surface area contributed by atoms with Crippen molar-refractivity contribution in [1.29, 1.82) is 0 Å². The lowest BCUT2D eigenvalue weighted by molar-refractivity contribution is 0.0349. The fourth-order valence-electron chi connectivity index (χ4n) is 1.68. The van der Waals surface area contributed by atoms with Crippen LogP contribution in [0.25, 0.3) is 0 Å². The van der Waals surface area contributed by atoms with E-state index in [1.807, 2.05) is 19.9 Å². The van der Waals surface area contributed by atoms with Crippen LogP contribution in [-0.2, 0) is 6.42 Å². The average molecular weight is 300 g/mol. The minimum absolute atomic E-state index is 0.258. The molecular weight excluding hydrogens is 278 g/mol. The van der Waals surface area contributed by atoms with Crippen molar-refractivity contribution in [3.8, 4) is 0 Å². The Kier molecular flexibility index (Phi) is 6.75. The molecule has 5 nitrogen and oxygen atoms in total. The van der Waals surface area contributed by atoms with Gasteiger partial charge in [-0.15, -0.1) is 0 Å². The summed E-state index contributed by atoms with van der Waals surface area (Å²) in [6.45, 7) is 4.56. The smallest absolute Gasteiger partial charge is 0.314 e. The first-order chi connectivity index (χ1) is 9.49. The van der Waals surface area contributed by atoms with Gasteiger partial charge in [-0.3, -0.25) is 0 Å². The summed E-state index contributed by atoms with van der Waals surface area (Å²) in [5.41, 5.74) is 0.186. The lowest BCUT2D eigenvalue weighted by Crippen LogP contribution is -2.46. The molecule has 1 aromatic heterocycles. The van der Waals surface area contributed by atoms with Crippen LogP contribution < -0.4 is 10.6 Å². The van der Waals surface area contributed by atoms with Gasteiger partial charge in [0.15, 0.2) is 0 Å². The molecule has 2 amide bonds. The van der Waals surface area contributed by atoms with Gasteiger partial charge in [0.25, 0.3) is 0 Å². The van der Waals surface area contributed by atoms with Gasteiger partial charge in [0.05, 0.1) is 5.60 Å². The highest BCUT2D eigenvalue weighted by molar-refractivity contribution is 6.29. The largest absolute Gasteiger partial charge is 0.388 e. The van der Waals surface area contributed by atoms with Gasteiger partial charge in [-0.25, -0.2) is 9.78 Å². The maximum atomic E-state index is 11.6. The Bertz CT molecular complexity index is 419. The Morgan fingerprint density at radius 1 is 1.35 bits per heavy atom. The summed E-state index contributed by atoms with van der Waals surface area (Å²) in [6, 6.07) is 3.33. The highest BCUT2D eigenvalue weighted by Crippen LogP contribution is 2.12. The summed E-state index contributed by atoms with van der Waals surface area (Å²) < 4.78 is 0. The number of hydrogen-bond acceptors (Lipinski definition) is 3. The van der Waals surface area contributed by atoms with Crippen LogP contribution in [0.3, 0.4) is 0 Å². The van der Waals surface area contributed by atoms with Crippen molar-refractivity contribution >= 4 is 17.6 Å². The molecule has 0 saturated carbocycles. The quantitative estimate of drug-likeness (QED) is 0.675. The lowest BCUT2D eigenvalue weighted by Gasteiger charge is -2.25. The third kappa shape index (κ3) is 5.75. The first-order valence-electron chi connectivity index (χ1n) is 6.83. The number of aromatic nitrogens is 1. The van der Waals surface area contributed by atoms with E-state index >= 15 is 0 Å². The molecule has 1 heterocycles. The summed E-state index contributed by atoms with van der Waals surface area (Å²) in [5, 5.41) is 15.9. The molecule has 6 heteroatoms. The summed E-state index contributed by atoms with van der Waals surface area (Å²) in [5.74, 6) is 0. The van der Waals surface area contributed by atoms with Crippen molar-refractivity contribution in [3.63, 3.8) is 0 Å². The van der Waals surface area contributed by atoms with E-state index in [4.69, 9.17) is 11.6 Å². The fourth-order valence-corrected chi connectivity index (χ4v) is 1.79. The Hall–Kier alpha value is -1.33. The molecule has 1 aromatic rings. The van der Waals surface area contributed by atoms with Gasteiger partial charge in [0.1, 0.15) is 5.15 Å². The number of aliphatic hydroxyl groups is 1. The molecule has 1 rings (SSSR count). The number of amides is 2. The van der Waals surface area contributed by atoms with Gasteiger partial charge < -0.3 is 15.7 Å². The van der Waals surface area contributed by atoms with Gasteiger partial charge in [-0.2, -0.15) is 0 Å². The first kappa shape index (κ1) is 16.7. The Morgan fingerprint density at radius 3 is 2.60 bits per heavy atom. The second-order valence-corrected chi connectivity index (χ2v) is 5.17. The highest BCUT2D eigenvalue weighted by atomic mass is 35.5. The third-order valence-corrected chi connectivity index (χ3v) is 3.61. The minimum atomic E-state index is -0.822. The molecule has 112 valence electrons. The Morgan fingerprint density at radius 2 is 2.05 bits per heavy atom. The number of nitrogens with one attached hydrogen (secondary N) is 2. The van der Waals surface area contributed by atoms with Crippen LogP contribution in [0.15, 0.2) is 18.3 Å². The van der Waals surface area contributed by atoms with Crippen molar-refractivity contribution in [2.24, 2.45) is 0 Å². The van der Waals surface area contributed by atoms with E-state index in [2.05, 4.69) is 15.6 Å². The van der Waals surface area contributed by atoms with Crippen LogP contribution in [0.4, 0.5) is 4.79 Å². The number of carbonyl (C=O) groups excluding carboxylic acids is 1. The SMILES string of the molecule is CCC(O)(CC)CNC(=O)NCCc1ccc(Cl)nc1. The number of carbonyl (C=O) groups is 1. The van der Waals surface area contributed by atoms with E-state index in [0.717, 1.165) is 5.56 Å². The predicted molar refractivity (Wildman–Crippen MR) is 79.9 cm³/mol. The van der Waals surface area contributed by atoms with Crippen LogP contribution in [-0.4, -0.2) is 34.8 Å². The molecule has 0 aliphatic carbocycles.